The summed E-state index contributed by atoms with van der Waals surface area (Å²) in [5.74, 6) is 1.04. The molecule has 5 nitrogen and oxygen atoms in total. The van der Waals surface area contributed by atoms with Gasteiger partial charge in [-0.25, -0.2) is 0 Å². The molecule has 0 aromatic heterocycles. The minimum atomic E-state index is -0.573. The number of nitrogens with zero attached hydrogens (tertiary/aromatic N) is 2. The van der Waals surface area contributed by atoms with Crippen LogP contribution in [0.5, 0.6) is 5.75 Å². The molecule has 0 unspecified atom stereocenters. The van der Waals surface area contributed by atoms with E-state index in [0.717, 1.165) is 37.6 Å². The fourth-order valence-electron chi connectivity index (χ4n) is 3.69. The molecule has 1 fully saturated rings. The largest absolute Gasteiger partial charge is 0.481 e. The number of ether oxygens (including phenoxy) is 1. The summed E-state index contributed by atoms with van der Waals surface area (Å²) in [5, 5.41) is 2.95. The van der Waals surface area contributed by atoms with E-state index >= 15 is 0 Å². The van der Waals surface area contributed by atoms with Crippen LogP contribution in [0.25, 0.3) is 0 Å². The molecule has 0 bridgehead atoms. The van der Waals surface area contributed by atoms with Gasteiger partial charge in [0.15, 0.2) is 6.10 Å². The van der Waals surface area contributed by atoms with E-state index in [-0.39, 0.29) is 5.91 Å². The monoisotopic (exact) mass is 395 g/mol. The number of nitrogens with one attached hydrogen (secondary N) is 1. The van der Waals surface area contributed by atoms with Crippen molar-refractivity contribution in [1.29, 1.82) is 0 Å². The van der Waals surface area contributed by atoms with Crippen LogP contribution in [0.3, 0.4) is 0 Å². The lowest BCUT2D eigenvalue weighted by Crippen LogP contribution is -2.44. The molecule has 0 spiro atoms. The van der Waals surface area contributed by atoms with Crippen molar-refractivity contribution < 1.29 is 9.53 Å². The number of carbonyl (C=O) groups excluding carboxylic acids is 1. The fraction of sp³-hybridized carbons (Fsp3) is 0.458. The molecule has 3 rings (SSSR count). The minimum Gasteiger partial charge on any atom is -0.481 e. The first kappa shape index (κ1) is 21.2. The summed E-state index contributed by atoms with van der Waals surface area (Å²) < 4.78 is 5.87. The van der Waals surface area contributed by atoms with Crippen LogP contribution in [0.15, 0.2) is 42.5 Å². The van der Waals surface area contributed by atoms with Crippen LogP contribution >= 0.6 is 0 Å². The number of anilines is 2. The highest BCUT2D eigenvalue weighted by atomic mass is 16.5. The van der Waals surface area contributed by atoms with Crippen molar-refractivity contribution in [3.63, 3.8) is 0 Å². The van der Waals surface area contributed by atoms with Crippen molar-refractivity contribution in [1.82, 2.24) is 4.90 Å². The highest BCUT2D eigenvalue weighted by Gasteiger charge is 2.17. The lowest BCUT2D eigenvalue weighted by atomic mass is 9.98. The van der Waals surface area contributed by atoms with Gasteiger partial charge < -0.3 is 19.9 Å². The number of hydrogen-bond acceptors (Lipinski definition) is 4. The van der Waals surface area contributed by atoms with Gasteiger partial charge in [0.1, 0.15) is 5.75 Å². The van der Waals surface area contributed by atoms with E-state index in [2.05, 4.69) is 61.1 Å². The zero-order chi connectivity index (χ0) is 21.0. The van der Waals surface area contributed by atoms with E-state index in [9.17, 15) is 4.79 Å². The summed E-state index contributed by atoms with van der Waals surface area (Å²) in [6, 6.07) is 14.1. The van der Waals surface area contributed by atoms with Gasteiger partial charge in [0.25, 0.3) is 5.91 Å². The molecule has 0 aliphatic carbocycles. The second-order valence-electron chi connectivity index (χ2n) is 8.26. The van der Waals surface area contributed by atoms with Crippen LogP contribution in [-0.4, -0.2) is 50.1 Å². The Kier molecular flexibility index (Phi) is 6.80. The maximum atomic E-state index is 12.5. The standard InChI is InChI=1S/C24H33N3O2/c1-17(2)23-11-10-22(16-18(23)3)29-19(4)24(28)25-20-6-8-21(9-7-20)27-14-12-26(5)13-15-27/h6-11,16-17,19H,12-15H2,1-5H3,(H,25,28)/t19-/m1/s1. The average molecular weight is 396 g/mol. The van der Waals surface area contributed by atoms with Gasteiger partial charge in [0.2, 0.25) is 0 Å². The van der Waals surface area contributed by atoms with Gasteiger partial charge in [0, 0.05) is 37.6 Å². The van der Waals surface area contributed by atoms with Gasteiger partial charge in [-0.3, -0.25) is 4.79 Å². The molecule has 1 N–H and O–H groups in total. The second kappa shape index (κ2) is 9.31. The van der Waals surface area contributed by atoms with Crippen LogP contribution in [0.2, 0.25) is 0 Å². The van der Waals surface area contributed by atoms with E-state index in [1.165, 1.54) is 16.8 Å². The summed E-state index contributed by atoms with van der Waals surface area (Å²) in [7, 11) is 2.15. The SMILES string of the molecule is Cc1cc(O[C@H](C)C(=O)Nc2ccc(N3CCN(C)CC3)cc2)ccc1C(C)C. The number of amides is 1. The van der Waals surface area contributed by atoms with E-state index in [1.54, 1.807) is 6.92 Å². The van der Waals surface area contributed by atoms with Gasteiger partial charge in [-0.1, -0.05) is 19.9 Å². The maximum Gasteiger partial charge on any atom is 0.265 e. The third-order valence-corrected chi connectivity index (χ3v) is 5.55. The summed E-state index contributed by atoms with van der Waals surface area (Å²) in [6.07, 6.45) is -0.573. The molecule has 5 heteroatoms. The van der Waals surface area contributed by atoms with Gasteiger partial charge in [-0.15, -0.1) is 0 Å². The zero-order valence-corrected chi connectivity index (χ0v) is 18.2. The summed E-state index contributed by atoms with van der Waals surface area (Å²) in [4.78, 5) is 17.3. The fourth-order valence-corrected chi connectivity index (χ4v) is 3.69. The number of carbonyl (C=O) groups is 1. The minimum absolute atomic E-state index is 0.150. The van der Waals surface area contributed by atoms with Crippen LogP contribution in [-0.2, 0) is 4.79 Å². The number of rotatable bonds is 6. The van der Waals surface area contributed by atoms with E-state index in [4.69, 9.17) is 4.74 Å². The number of aryl methyl sites for hydroxylation is 1. The number of hydrogen-bond donors (Lipinski definition) is 1. The van der Waals surface area contributed by atoms with Crippen LogP contribution in [0.1, 0.15) is 37.8 Å². The van der Waals surface area contributed by atoms with E-state index < -0.39 is 6.10 Å². The number of likely N-dealkylation sites (N-methyl/N-ethyl adjacent to an activating group) is 1. The van der Waals surface area contributed by atoms with Gasteiger partial charge >= 0.3 is 0 Å². The maximum absolute atomic E-state index is 12.5. The van der Waals surface area contributed by atoms with Gasteiger partial charge in [-0.2, -0.15) is 0 Å². The van der Waals surface area contributed by atoms with Crippen LogP contribution in [0.4, 0.5) is 11.4 Å². The highest BCUT2D eigenvalue weighted by molar-refractivity contribution is 5.94. The van der Waals surface area contributed by atoms with Crippen LogP contribution in [0, 0.1) is 6.92 Å². The Bertz CT molecular complexity index is 825. The summed E-state index contributed by atoms with van der Waals surface area (Å²) in [5.41, 5.74) is 4.47. The Labute approximate surface area is 174 Å². The molecule has 2 aromatic carbocycles. The van der Waals surface area contributed by atoms with Gasteiger partial charge in [0.05, 0.1) is 0 Å². The van der Waals surface area contributed by atoms with Crippen molar-refractivity contribution in [2.45, 2.75) is 39.7 Å². The smallest absolute Gasteiger partial charge is 0.265 e. The normalized spacial score (nSPS) is 16.0. The summed E-state index contributed by atoms with van der Waals surface area (Å²) in [6.45, 7) is 12.4. The molecule has 29 heavy (non-hydrogen) atoms. The third-order valence-electron chi connectivity index (χ3n) is 5.55. The molecular formula is C24H33N3O2. The van der Waals surface area contributed by atoms with Crippen molar-refractivity contribution in [3.05, 3.63) is 53.6 Å². The molecule has 0 radical (unpaired) electrons. The predicted octanol–water partition coefficient (Wildman–Crippen LogP) is 4.28. The second-order valence-corrected chi connectivity index (χ2v) is 8.26. The number of piperazine rings is 1. The molecule has 156 valence electrons. The Balaban J connectivity index is 1.56. The number of benzene rings is 2. The first-order valence-electron chi connectivity index (χ1n) is 10.4. The summed E-state index contributed by atoms with van der Waals surface area (Å²) >= 11 is 0. The third kappa shape index (κ3) is 5.51. The molecular weight excluding hydrogens is 362 g/mol. The highest BCUT2D eigenvalue weighted by Crippen LogP contribution is 2.24. The topological polar surface area (TPSA) is 44.8 Å². The molecule has 2 aromatic rings. The quantitative estimate of drug-likeness (QED) is 0.793. The average Bonchev–Trinajstić information content (AvgIpc) is 2.69. The Morgan fingerprint density at radius 3 is 2.24 bits per heavy atom. The molecule has 1 heterocycles. The van der Waals surface area contributed by atoms with E-state index in [1.807, 2.05) is 24.3 Å². The van der Waals surface area contributed by atoms with Crippen LogP contribution < -0.4 is 15.0 Å². The molecule has 1 amide bonds. The lowest BCUT2D eigenvalue weighted by molar-refractivity contribution is -0.122. The van der Waals surface area contributed by atoms with E-state index in [0.29, 0.717) is 5.92 Å². The van der Waals surface area contributed by atoms with Crippen molar-refractivity contribution in [3.8, 4) is 5.75 Å². The first-order valence-corrected chi connectivity index (χ1v) is 10.4. The predicted molar refractivity (Wildman–Crippen MR) is 120 cm³/mol. The molecule has 1 atom stereocenters. The lowest BCUT2D eigenvalue weighted by Gasteiger charge is -2.34. The first-order chi connectivity index (χ1) is 13.8. The van der Waals surface area contributed by atoms with Crippen molar-refractivity contribution in [2.75, 3.05) is 43.4 Å². The Hall–Kier alpha value is -2.53. The van der Waals surface area contributed by atoms with Gasteiger partial charge in [-0.05, 0) is 74.3 Å². The molecule has 1 aliphatic rings. The van der Waals surface area contributed by atoms with Crippen molar-refractivity contribution >= 4 is 17.3 Å². The molecule has 0 saturated carbocycles. The Morgan fingerprint density at radius 2 is 1.66 bits per heavy atom. The molecule has 1 saturated heterocycles. The van der Waals surface area contributed by atoms with Crippen molar-refractivity contribution in [2.24, 2.45) is 0 Å². The molecule has 1 aliphatic heterocycles. The Morgan fingerprint density at radius 1 is 1.00 bits per heavy atom. The zero-order valence-electron chi connectivity index (χ0n) is 18.2.